The Hall–Kier alpha value is -5.00. The molecule has 2 aromatic carbocycles. The van der Waals surface area contributed by atoms with E-state index in [-0.39, 0.29) is 21.9 Å². The van der Waals surface area contributed by atoms with E-state index in [0.29, 0.717) is 11.3 Å². The van der Waals surface area contributed by atoms with E-state index in [1.165, 1.54) is 67.9 Å². The van der Waals surface area contributed by atoms with Crippen molar-refractivity contribution < 1.29 is 58.6 Å². The molecular formula is C28H22F6N4O7S. The maximum atomic E-state index is 13.3. The van der Waals surface area contributed by atoms with E-state index in [1.54, 1.807) is 0 Å². The van der Waals surface area contributed by atoms with Crippen LogP contribution in [0.1, 0.15) is 36.7 Å². The third kappa shape index (κ3) is 7.44. The Morgan fingerprint density at radius 3 is 1.89 bits per heavy atom. The van der Waals surface area contributed by atoms with Crippen LogP contribution in [0.3, 0.4) is 0 Å². The summed E-state index contributed by atoms with van der Waals surface area (Å²) in [6, 6.07) is 10.7. The Balaban J connectivity index is 1.75. The van der Waals surface area contributed by atoms with E-state index >= 15 is 0 Å². The van der Waals surface area contributed by atoms with E-state index < -0.39 is 62.5 Å². The minimum atomic E-state index is -5.65. The number of sulfone groups is 1. The van der Waals surface area contributed by atoms with Gasteiger partial charge in [-0.25, -0.2) is 27.5 Å². The summed E-state index contributed by atoms with van der Waals surface area (Å²) < 4.78 is 112. The molecule has 0 atom stereocenters. The number of hydrogen-bond acceptors (Lipinski definition) is 9. The predicted molar refractivity (Wildman–Crippen MR) is 148 cm³/mol. The Morgan fingerprint density at radius 2 is 1.37 bits per heavy atom. The first-order valence-corrected chi connectivity index (χ1v) is 14.7. The highest BCUT2D eigenvalue weighted by atomic mass is 32.2. The van der Waals surface area contributed by atoms with Gasteiger partial charge in [0.1, 0.15) is 0 Å². The van der Waals surface area contributed by atoms with Gasteiger partial charge < -0.3 is 14.8 Å². The van der Waals surface area contributed by atoms with Gasteiger partial charge in [0.15, 0.2) is 32.8 Å². The number of esters is 2. The van der Waals surface area contributed by atoms with Crippen molar-refractivity contribution in [1.82, 2.24) is 14.6 Å². The van der Waals surface area contributed by atoms with Gasteiger partial charge in [0.05, 0.1) is 22.3 Å². The lowest BCUT2D eigenvalue weighted by molar-refractivity contribution is -0.191. The molecule has 1 N–H and O–H groups in total. The van der Waals surface area contributed by atoms with Crippen LogP contribution >= 0.6 is 0 Å². The first-order chi connectivity index (χ1) is 21.1. The standard InChI is InChI=1S/C28H22F6N4O7S/c1-26(2,3)17-10-9-16(21(44-24(40)27(29,30)31)22(17)45-25(41)28(32,33)34)23(39)36-19-13-38-20(35-19)12-11-18(37-38)14-5-7-15(8-6-14)46(4,42)43/h5-13H,1-4H3,(H,36,39). The number of benzene rings is 2. The molecule has 0 aliphatic heterocycles. The third-order valence-electron chi connectivity index (χ3n) is 6.16. The molecule has 0 fully saturated rings. The molecule has 18 heteroatoms. The van der Waals surface area contributed by atoms with Crippen LogP contribution in [0.4, 0.5) is 32.2 Å². The van der Waals surface area contributed by atoms with Gasteiger partial charge in [0.25, 0.3) is 5.91 Å². The highest BCUT2D eigenvalue weighted by Crippen LogP contribution is 2.43. The fraction of sp³-hybridized carbons (Fsp3) is 0.250. The van der Waals surface area contributed by atoms with Crippen molar-refractivity contribution in [2.45, 2.75) is 43.4 Å². The van der Waals surface area contributed by atoms with E-state index in [2.05, 4.69) is 24.9 Å². The molecular weight excluding hydrogens is 650 g/mol. The normalized spacial score (nSPS) is 12.6. The number of hydrogen-bond donors (Lipinski definition) is 1. The fourth-order valence-electron chi connectivity index (χ4n) is 3.99. The van der Waals surface area contributed by atoms with Crippen molar-refractivity contribution in [2.75, 3.05) is 11.6 Å². The first-order valence-electron chi connectivity index (χ1n) is 12.8. The Labute approximate surface area is 256 Å². The minimum absolute atomic E-state index is 0.0807. The predicted octanol–water partition coefficient (Wildman–Crippen LogP) is 5.29. The number of nitrogens with zero attached hydrogens (tertiary/aromatic N) is 3. The monoisotopic (exact) mass is 672 g/mol. The van der Waals surface area contributed by atoms with Gasteiger partial charge in [0, 0.05) is 17.4 Å². The van der Waals surface area contributed by atoms with Crippen LogP contribution in [-0.2, 0) is 24.8 Å². The van der Waals surface area contributed by atoms with Crippen molar-refractivity contribution >= 4 is 39.1 Å². The van der Waals surface area contributed by atoms with Crippen LogP contribution in [-0.4, -0.2) is 59.5 Å². The van der Waals surface area contributed by atoms with E-state index in [1.807, 2.05) is 0 Å². The van der Waals surface area contributed by atoms with E-state index in [4.69, 9.17) is 0 Å². The molecule has 0 unspecified atom stereocenters. The fourth-order valence-corrected chi connectivity index (χ4v) is 4.62. The number of alkyl halides is 6. The molecule has 11 nitrogen and oxygen atoms in total. The summed E-state index contributed by atoms with van der Waals surface area (Å²) >= 11 is 0. The van der Waals surface area contributed by atoms with Crippen molar-refractivity contribution in [3.05, 3.63) is 65.9 Å². The molecule has 0 saturated carbocycles. The van der Waals surface area contributed by atoms with Crippen molar-refractivity contribution in [3.8, 4) is 22.8 Å². The van der Waals surface area contributed by atoms with Crippen molar-refractivity contribution in [2.24, 2.45) is 0 Å². The van der Waals surface area contributed by atoms with Gasteiger partial charge in [0.2, 0.25) is 0 Å². The van der Waals surface area contributed by atoms with Crippen LogP contribution in [0, 0.1) is 0 Å². The molecule has 4 aromatic rings. The lowest BCUT2D eigenvalue weighted by Crippen LogP contribution is -2.32. The van der Waals surface area contributed by atoms with Gasteiger partial charge >= 0.3 is 24.3 Å². The molecule has 0 radical (unpaired) electrons. The molecule has 4 rings (SSSR count). The topological polar surface area (TPSA) is 146 Å². The number of imidazole rings is 1. The highest BCUT2D eigenvalue weighted by molar-refractivity contribution is 7.90. The van der Waals surface area contributed by atoms with Crippen LogP contribution in [0.15, 0.2) is 59.6 Å². The number of amides is 1. The number of rotatable bonds is 6. The molecule has 46 heavy (non-hydrogen) atoms. The average molecular weight is 673 g/mol. The molecule has 0 saturated heterocycles. The third-order valence-corrected chi connectivity index (χ3v) is 7.29. The Kier molecular flexibility index (Phi) is 8.64. The number of nitrogens with one attached hydrogen (secondary N) is 1. The SMILES string of the molecule is CC(C)(C)c1ccc(C(=O)Nc2cn3nc(-c4ccc(S(C)(=O)=O)cc4)ccc3n2)c(OC(=O)C(F)(F)F)c1OC(=O)C(F)(F)F. The van der Waals surface area contributed by atoms with Gasteiger partial charge in [-0.3, -0.25) is 4.79 Å². The first kappa shape index (κ1) is 33.9. The molecule has 0 aliphatic rings. The highest BCUT2D eigenvalue weighted by Gasteiger charge is 2.45. The zero-order valence-electron chi connectivity index (χ0n) is 24.1. The lowest BCUT2D eigenvalue weighted by atomic mass is 9.85. The number of fused-ring (bicyclic) bond motifs is 1. The Bertz CT molecular complexity index is 1960. The van der Waals surface area contributed by atoms with Crippen LogP contribution in [0.25, 0.3) is 16.9 Å². The van der Waals surface area contributed by atoms with Gasteiger partial charge in [-0.05, 0) is 35.7 Å². The second-order valence-electron chi connectivity index (χ2n) is 10.7. The summed E-state index contributed by atoms with van der Waals surface area (Å²) in [5.41, 5.74) is -1.33. The summed E-state index contributed by atoms with van der Waals surface area (Å²) in [5, 5.41) is 6.56. The number of carbonyl (C=O) groups excluding carboxylic acids is 3. The second kappa shape index (κ2) is 11.7. The summed E-state index contributed by atoms with van der Waals surface area (Å²) in [4.78, 5) is 41.0. The van der Waals surface area contributed by atoms with E-state index in [0.717, 1.165) is 18.4 Å². The van der Waals surface area contributed by atoms with Crippen LogP contribution in [0.5, 0.6) is 11.5 Å². The molecule has 0 bridgehead atoms. The summed E-state index contributed by atoms with van der Waals surface area (Å²) in [5.74, 6) is -9.87. The summed E-state index contributed by atoms with van der Waals surface area (Å²) in [7, 11) is -3.44. The molecule has 2 aromatic heterocycles. The van der Waals surface area contributed by atoms with Gasteiger partial charge in [-0.1, -0.05) is 39.0 Å². The number of aromatic nitrogens is 3. The molecule has 244 valence electrons. The number of anilines is 1. The minimum Gasteiger partial charge on any atom is -0.416 e. The number of halogens is 6. The van der Waals surface area contributed by atoms with Crippen LogP contribution < -0.4 is 14.8 Å². The summed E-state index contributed by atoms with van der Waals surface area (Å²) in [6.45, 7) is 4.25. The maximum Gasteiger partial charge on any atom is 0.491 e. The zero-order chi connectivity index (χ0) is 34.4. The van der Waals surface area contributed by atoms with E-state index in [9.17, 15) is 49.1 Å². The number of ether oxygens (including phenoxy) is 2. The average Bonchev–Trinajstić information content (AvgIpc) is 3.33. The quantitative estimate of drug-likeness (QED) is 0.164. The summed E-state index contributed by atoms with van der Waals surface area (Å²) in [6.07, 6.45) is -9.01. The van der Waals surface area contributed by atoms with Crippen molar-refractivity contribution in [1.29, 1.82) is 0 Å². The van der Waals surface area contributed by atoms with Crippen molar-refractivity contribution in [3.63, 3.8) is 0 Å². The lowest BCUT2D eigenvalue weighted by Gasteiger charge is -2.25. The molecule has 2 heterocycles. The van der Waals surface area contributed by atoms with Crippen LogP contribution in [0.2, 0.25) is 0 Å². The second-order valence-corrected chi connectivity index (χ2v) is 12.8. The molecule has 1 amide bonds. The maximum absolute atomic E-state index is 13.3. The molecule has 0 spiro atoms. The number of carbonyl (C=O) groups is 3. The van der Waals surface area contributed by atoms with Gasteiger partial charge in [-0.2, -0.15) is 31.4 Å². The smallest absolute Gasteiger partial charge is 0.416 e. The molecule has 0 aliphatic carbocycles. The Morgan fingerprint density at radius 1 is 0.804 bits per heavy atom. The zero-order valence-corrected chi connectivity index (χ0v) is 24.9. The van der Waals surface area contributed by atoms with Gasteiger partial charge in [-0.15, -0.1) is 0 Å². The largest absolute Gasteiger partial charge is 0.491 e.